The number of H-pyrrole nitrogens is 1. The van der Waals surface area contributed by atoms with Crippen LogP contribution < -0.4 is 0 Å². The van der Waals surface area contributed by atoms with E-state index in [1.165, 1.54) is 6.20 Å². The third-order valence-electron chi connectivity index (χ3n) is 2.90. The first-order valence-electron chi connectivity index (χ1n) is 5.93. The molecule has 2 rings (SSSR count). The number of imidazole rings is 1. The summed E-state index contributed by atoms with van der Waals surface area (Å²) in [6, 6.07) is 0. The van der Waals surface area contributed by atoms with Crippen molar-refractivity contribution in [2.24, 2.45) is 0 Å². The lowest BCUT2D eigenvalue weighted by atomic mass is 10.1. The lowest BCUT2D eigenvalue weighted by Crippen LogP contribution is -2.32. The van der Waals surface area contributed by atoms with Crippen molar-refractivity contribution >= 4 is 5.97 Å². The van der Waals surface area contributed by atoms with E-state index in [1.807, 2.05) is 0 Å². The zero-order chi connectivity index (χ0) is 14.0. The molecule has 2 heterocycles. The molecule has 1 aromatic heterocycles. The zero-order valence-corrected chi connectivity index (χ0v) is 10.3. The fraction of sp³-hybridized carbons (Fsp3) is 0.636. The van der Waals surface area contributed by atoms with E-state index in [9.17, 15) is 15.0 Å². The van der Waals surface area contributed by atoms with Gasteiger partial charge in [0.15, 0.2) is 0 Å². The summed E-state index contributed by atoms with van der Waals surface area (Å²) >= 11 is 0. The standard InChI is InChI=1S/C11H16N2O6/c1-2-18-11(17)5-3-12-10(13-5)9-8(16)7(15)6(4-14)19-9/h3,6-9,14-16H,2,4H2,1H3,(H,12,13)/t6-,7-,8-,9-/m1/s1. The number of aliphatic hydroxyl groups excluding tert-OH is 3. The minimum absolute atomic E-state index is 0.134. The molecule has 1 aliphatic rings. The van der Waals surface area contributed by atoms with E-state index in [0.29, 0.717) is 0 Å². The van der Waals surface area contributed by atoms with E-state index in [4.69, 9.17) is 14.6 Å². The van der Waals surface area contributed by atoms with Crippen LogP contribution in [0.15, 0.2) is 6.20 Å². The van der Waals surface area contributed by atoms with E-state index < -0.39 is 37.0 Å². The van der Waals surface area contributed by atoms with Crippen LogP contribution in [0.4, 0.5) is 0 Å². The molecule has 1 aliphatic heterocycles. The van der Waals surface area contributed by atoms with Gasteiger partial charge in [-0.15, -0.1) is 0 Å². The summed E-state index contributed by atoms with van der Waals surface area (Å²) in [4.78, 5) is 18.0. The van der Waals surface area contributed by atoms with Crippen LogP contribution in [0.1, 0.15) is 29.3 Å². The fourth-order valence-electron chi connectivity index (χ4n) is 1.92. The molecule has 0 amide bonds. The van der Waals surface area contributed by atoms with Crippen LogP contribution >= 0.6 is 0 Å². The molecule has 8 nitrogen and oxygen atoms in total. The maximum atomic E-state index is 11.5. The number of carbonyl (C=O) groups excluding carboxylic acids is 1. The van der Waals surface area contributed by atoms with Gasteiger partial charge in [0.2, 0.25) is 0 Å². The van der Waals surface area contributed by atoms with E-state index in [0.717, 1.165) is 0 Å². The molecule has 1 fully saturated rings. The van der Waals surface area contributed by atoms with Crippen molar-refractivity contribution < 1.29 is 29.6 Å². The number of carbonyl (C=O) groups is 1. The van der Waals surface area contributed by atoms with Gasteiger partial charge in [0.25, 0.3) is 0 Å². The summed E-state index contributed by atoms with van der Waals surface area (Å²) in [6.07, 6.45) is -2.96. The van der Waals surface area contributed by atoms with Gasteiger partial charge in [-0.1, -0.05) is 0 Å². The summed E-state index contributed by atoms with van der Waals surface area (Å²) in [5.74, 6) is -0.362. The Bertz CT molecular complexity index is 448. The molecule has 0 aromatic carbocycles. The monoisotopic (exact) mass is 272 g/mol. The zero-order valence-electron chi connectivity index (χ0n) is 10.3. The SMILES string of the molecule is CCOC(=O)c1cnc([C@@H]2O[C@H](CO)[C@@H](O)[C@H]2O)[nH]1. The molecule has 1 saturated heterocycles. The first-order valence-corrected chi connectivity index (χ1v) is 5.93. The van der Waals surface area contributed by atoms with Crippen LogP contribution in [0, 0.1) is 0 Å². The number of ether oxygens (including phenoxy) is 2. The van der Waals surface area contributed by atoms with E-state index in [-0.39, 0.29) is 18.1 Å². The van der Waals surface area contributed by atoms with Crippen LogP contribution in [0.2, 0.25) is 0 Å². The van der Waals surface area contributed by atoms with Crippen molar-refractivity contribution in [2.75, 3.05) is 13.2 Å². The first-order chi connectivity index (χ1) is 9.08. The van der Waals surface area contributed by atoms with Crippen LogP contribution in [-0.4, -0.2) is 62.8 Å². The number of esters is 1. The van der Waals surface area contributed by atoms with Crippen molar-refractivity contribution in [1.82, 2.24) is 9.97 Å². The molecule has 106 valence electrons. The fourth-order valence-corrected chi connectivity index (χ4v) is 1.92. The molecule has 0 unspecified atom stereocenters. The normalized spacial score (nSPS) is 30.5. The van der Waals surface area contributed by atoms with Gasteiger partial charge in [0.1, 0.15) is 35.9 Å². The summed E-state index contributed by atoms with van der Waals surface area (Å²) in [5, 5.41) is 28.4. The topological polar surface area (TPSA) is 125 Å². The molecule has 4 N–H and O–H groups in total. The van der Waals surface area contributed by atoms with Gasteiger partial charge in [0, 0.05) is 0 Å². The Hall–Kier alpha value is -1.48. The molecule has 8 heteroatoms. The number of nitrogens with one attached hydrogen (secondary N) is 1. The van der Waals surface area contributed by atoms with Crippen molar-refractivity contribution in [3.05, 3.63) is 17.7 Å². The van der Waals surface area contributed by atoms with Gasteiger partial charge in [-0.2, -0.15) is 0 Å². The number of hydrogen-bond donors (Lipinski definition) is 4. The summed E-state index contributed by atoms with van der Waals surface area (Å²) < 4.78 is 10.1. The van der Waals surface area contributed by atoms with E-state index in [1.54, 1.807) is 6.92 Å². The molecule has 0 spiro atoms. The lowest BCUT2D eigenvalue weighted by Gasteiger charge is -2.11. The number of aromatic amines is 1. The Morgan fingerprint density at radius 3 is 2.84 bits per heavy atom. The highest BCUT2D eigenvalue weighted by molar-refractivity contribution is 5.86. The Balaban J connectivity index is 2.13. The largest absolute Gasteiger partial charge is 0.461 e. The molecule has 0 aliphatic carbocycles. The Morgan fingerprint density at radius 2 is 2.26 bits per heavy atom. The van der Waals surface area contributed by atoms with Gasteiger partial charge in [-0.05, 0) is 6.92 Å². The van der Waals surface area contributed by atoms with Crippen LogP contribution in [0.3, 0.4) is 0 Å². The van der Waals surface area contributed by atoms with Gasteiger partial charge in [0.05, 0.1) is 19.4 Å². The number of hydrogen-bond acceptors (Lipinski definition) is 7. The summed E-state index contributed by atoms with van der Waals surface area (Å²) in [7, 11) is 0. The van der Waals surface area contributed by atoms with E-state index >= 15 is 0 Å². The summed E-state index contributed by atoms with van der Waals surface area (Å²) in [5.41, 5.74) is 0.134. The van der Waals surface area contributed by atoms with Gasteiger partial charge in [-0.25, -0.2) is 9.78 Å². The highest BCUT2D eigenvalue weighted by atomic mass is 16.6. The maximum Gasteiger partial charge on any atom is 0.356 e. The highest BCUT2D eigenvalue weighted by Crippen LogP contribution is 2.31. The van der Waals surface area contributed by atoms with Crippen LogP contribution in [0.5, 0.6) is 0 Å². The van der Waals surface area contributed by atoms with Gasteiger partial charge < -0.3 is 29.8 Å². The van der Waals surface area contributed by atoms with Crippen LogP contribution in [0.25, 0.3) is 0 Å². The second kappa shape index (κ2) is 5.66. The minimum atomic E-state index is -1.22. The minimum Gasteiger partial charge on any atom is -0.461 e. The lowest BCUT2D eigenvalue weighted by molar-refractivity contribution is -0.0251. The van der Waals surface area contributed by atoms with Crippen molar-refractivity contribution in [2.45, 2.75) is 31.3 Å². The number of aliphatic hydroxyl groups is 3. The third-order valence-corrected chi connectivity index (χ3v) is 2.90. The van der Waals surface area contributed by atoms with Crippen molar-refractivity contribution in [3.63, 3.8) is 0 Å². The number of rotatable bonds is 4. The molecule has 4 atom stereocenters. The van der Waals surface area contributed by atoms with E-state index in [2.05, 4.69) is 9.97 Å². The van der Waals surface area contributed by atoms with Crippen molar-refractivity contribution in [1.29, 1.82) is 0 Å². The molecular weight excluding hydrogens is 256 g/mol. The Kier molecular flexibility index (Phi) is 4.15. The first kappa shape index (κ1) is 13.9. The Morgan fingerprint density at radius 1 is 1.53 bits per heavy atom. The van der Waals surface area contributed by atoms with Gasteiger partial charge in [-0.3, -0.25) is 0 Å². The van der Waals surface area contributed by atoms with Crippen molar-refractivity contribution in [3.8, 4) is 0 Å². The molecular formula is C11H16N2O6. The predicted molar refractivity (Wildman–Crippen MR) is 61.3 cm³/mol. The number of aromatic nitrogens is 2. The maximum absolute atomic E-state index is 11.5. The van der Waals surface area contributed by atoms with Crippen LogP contribution in [-0.2, 0) is 9.47 Å². The average molecular weight is 272 g/mol. The molecule has 0 radical (unpaired) electrons. The smallest absolute Gasteiger partial charge is 0.356 e. The number of nitrogens with zero attached hydrogens (tertiary/aromatic N) is 1. The summed E-state index contributed by atoms with van der Waals surface area (Å²) in [6.45, 7) is 1.50. The second-order valence-corrected chi connectivity index (χ2v) is 4.16. The Labute approximate surface area is 109 Å². The molecule has 1 aromatic rings. The van der Waals surface area contributed by atoms with Gasteiger partial charge >= 0.3 is 5.97 Å². The quantitative estimate of drug-likeness (QED) is 0.504. The average Bonchev–Trinajstić information content (AvgIpc) is 2.97. The third kappa shape index (κ3) is 2.61. The molecule has 19 heavy (non-hydrogen) atoms. The molecule has 0 bridgehead atoms. The highest BCUT2D eigenvalue weighted by Gasteiger charge is 2.44. The second-order valence-electron chi connectivity index (χ2n) is 4.16. The molecule has 0 saturated carbocycles. The predicted octanol–water partition coefficient (Wildman–Crippen LogP) is -1.26.